The van der Waals surface area contributed by atoms with Gasteiger partial charge in [0.15, 0.2) is 9.84 Å². The molecule has 0 bridgehead atoms. The molecule has 2 aromatic rings. The lowest BCUT2D eigenvalue weighted by molar-refractivity contribution is -0.134. The first kappa shape index (κ1) is 17.3. The summed E-state index contributed by atoms with van der Waals surface area (Å²) in [6.07, 6.45) is 1.22. The molecule has 0 heterocycles. The summed E-state index contributed by atoms with van der Waals surface area (Å²) >= 11 is 0. The van der Waals surface area contributed by atoms with Crippen LogP contribution in [0.5, 0.6) is 23.0 Å². The number of rotatable bonds is 11. The van der Waals surface area contributed by atoms with Gasteiger partial charge in [0.2, 0.25) is 0 Å². The molecule has 0 aliphatic rings. The Labute approximate surface area is 188 Å². The fourth-order valence-corrected chi connectivity index (χ4v) is 3.74. The molecule has 0 spiro atoms. The molecule has 10 heteroatoms. The van der Waals surface area contributed by atoms with Crippen LogP contribution in [0.3, 0.4) is 0 Å². The third-order valence-electron chi connectivity index (χ3n) is 4.01. The largest absolute Gasteiger partial charge is 0.496 e. The molecule has 0 radical (unpaired) electrons. The zero-order valence-corrected chi connectivity index (χ0v) is 17.8. The summed E-state index contributed by atoms with van der Waals surface area (Å²) in [5.74, 6) is -2.01. The van der Waals surface area contributed by atoms with Gasteiger partial charge in [0.25, 0.3) is 0 Å². The average Bonchev–Trinajstić information content (AvgIpc) is 2.76. The van der Waals surface area contributed by atoms with Crippen molar-refractivity contribution >= 4 is 27.6 Å². The lowest BCUT2D eigenvalue weighted by Crippen LogP contribution is -2.13. The number of hydrogen-bond acceptors (Lipinski definition) is 8. The van der Waals surface area contributed by atoms with Crippen molar-refractivity contribution in [2.75, 3.05) is 40.2 Å². The van der Waals surface area contributed by atoms with Crippen LogP contribution in [-0.2, 0) is 20.4 Å². The van der Waals surface area contributed by atoms with Gasteiger partial charge in [-0.15, -0.1) is 0 Å². The van der Waals surface area contributed by atoms with E-state index < -0.39 is 35.1 Å². The first-order chi connectivity index (χ1) is 16.6. The Morgan fingerprint density at radius 2 is 1.74 bits per heavy atom. The van der Waals surface area contributed by atoms with Gasteiger partial charge in [-0.2, -0.15) is 0 Å². The summed E-state index contributed by atoms with van der Waals surface area (Å²) in [5, 5.41) is 12.1. The van der Waals surface area contributed by atoms with Gasteiger partial charge in [-0.1, -0.05) is 6.07 Å². The quantitative estimate of drug-likeness (QED) is 0.526. The minimum Gasteiger partial charge on any atom is -0.496 e. The van der Waals surface area contributed by atoms with E-state index in [0.717, 1.165) is 5.41 Å². The molecule has 2 rings (SSSR count). The van der Waals surface area contributed by atoms with Crippen LogP contribution in [0.2, 0.25) is 0 Å². The maximum Gasteiger partial charge on any atom is 0.322 e. The number of carbonyl (C=O) groups is 1. The van der Waals surface area contributed by atoms with Crippen LogP contribution in [-0.4, -0.2) is 54.4 Å². The van der Waals surface area contributed by atoms with E-state index in [1.807, 2.05) is 0 Å². The van der Waals surface area contributed by atoms with Crippen molar-refractivity contribution in [3.63, 3.8) is 0 Å². The van der Waals surface area contributed by atoms with Crippen molar-refractivity contribution in [2.24, 2.45) is 0 Å². The highest BCUT2D eigenvalue weighted by Crippen LogP contribution is 2.35. The second-order valence-corrected chi connectivity index (χ2v) is 7.93. The summed E-state index contributed by atoms with van der Waals surface area (Å²) in [4.78, 5) is 11.1. The van der Waals surface area contributed by atoms with Gasteiger partial charge in [-0.3, -0.25) is 4.79 Å². The van der Waals surface area contributed by atoms with E-state index in [4.69, 9.17) is 30.9 Å². The van der Waals surface area contributed by atoms with Crippen molar-refractivity contribution < 1.29 is 44.1 Å². The molecule has 31 heavy (non-hydrogen) atoms. The van der Waals surface area contributed by atoms with E-state index in [1.165, 1.54) is 57.7 Å². The number of carboxylic acid groups (broad SMARTS) is 1. The summed E-state index contributed by atoms with van der Waals surface area (Å²) in [6, 6.07) is 6.64. The Morgan fingerprint density at radius 3 is 2.29 bits per heavy atom. The van der Waals surface area contributed by atoms with Crippen molar-refractivity contribution in [3.05, 3.63) is 46.9 Å². The highest BCUT2D eigenvalue weighted by Gasteiger charge is 2.15. The second kappa shape index (κ2) is 10.6. The Hall–Kier alpha value is -3.40. The highest BCUT2D eigenvalue weighted by molar-refractivity contribution is 7.93. The molecular formula is C21H25NO8S. The first-order valence-corrected chi connectivity index (χ1v) is 10.4. The van der Waals surface area contributed by atoms with Crippen LogP contribution < -0.4 is 24.3 Å². The molecule has 2 aromatic carbocycles. The lowest BCUT2D eigenvalue weighted by Gasteiger charge is -2.13. The minimum atomic E-state index is -3.91. The smallest absolute Gasteiger partial charge is 0.322 e. The number of sulfone groups is 1. The maximum absolute atomic E-state index is 12.8. The summed E-state index contributed by atoms with van der Waals surface area (Å²) in [6.45, 7) is -2.83. The Kier molecular flexibility index (Phi) is 5.90. The molecule has 0 saturated carbocycles. The summed E-state index contributed by atoms with van der Waals surface area (Å²) in [5.41, 5.74) is 0.396. The number of carboxylic acids is 1. The van der Waals surface area contributed by atoms with Crippen LogP contribution in [0.1, 0.15) is 18.0 Å². The topological polar surface area (TPSA) is 120 Å². The predicted molar refractivity (Wildman–Crippen MR) is 117 cm³/mol. The molecule has 0 aliphatic carbocycles. The zero-order valence-electron chi connectivity index (χ0n) is 22.0. The number of aliphatic carboxylic acids is 1. The SMILES string of the molecule is [2H]C([2H])([2H])Oc1cc(OC)c(/C=C/S(=O)(=O)Cc2ccc(OC)c(NC([2H])([2H])C(=O)O)c2)c(OC)c1. The standard InChI is InChI=1S/C21H25NO8S/c1-27-15-10-19(29-3)16(20(11-15)30-4)7-8-31(25,26)13-14-5-6-18(28-2)17(9-14)22-12-21(23)24/h5-11,22H,12-13H2,1-4H3,(H,23,24)/b8-7+/i1D3,12D2. The maximum atomic E-state index is 12.8. The number of anilines is 1. The van der Waals surface area contributed by atoms with E-state index >= 15 is 0 Å². The molecule has 0 unspecified atom stereocenters. The van der Waals surface area contributed by atoms with Crippen LogP contribution >= 0.6 is 0 Å². The monoisotopic (exact) mass is 456 g/mol. The van der Waals surface area contributed by atoms with Gasteiger partial charge in [-0.25, -0.2) is 8.42 Å². The van der Waals surface area contributed by atoms with E-state index in [2.05, 4.69) is 5.32 Å². The molecular weight excluding hydrogens is 426 g/mol. The predicted octanol–water partition coefficient (Wildman–Crippen LogP) is 2.80. The van der Waals surface area contributed by atoms with Crippen LogP contribution in [0.25, 0.3) is 6.08 Å². The van der Waals surface area contributed by atoms with Crippen molar-refractivity contribution in [3.8, 4) is 23.0 Å². The molecule has 0 fully saturated rings. The number of nitrogens with one attached hydrogen (secondary N) is 1. The van der Waals surface area contributed by atoms with Crippen molar-refractivity contribution in [1.82, 2.24) is 0 Å². The molecule has 0 saturated heterocycles. The normalized spacial score (nSPS) is 14.5. The summed E-state index contributed by atoms with van der Waals surface area (Å²) < 4.78 is 82.8. The highest BCUT2D eigenvalue weighted by atomic mass is 32.2. The van der Waals surface area contributed by atoms with Gasteiger partial charge < -0.3 is 29.4 Å². The Balaban J connectivity index is 2.37. The van der Waals surface area contributed by atoms with Crippen molar-refractivity contribution in [2.45, 2.75) is 5.75 Å². The lowest BCUT2D eigenvalue weighted by atomic mass is 10.1. The molecule has 9 nitrogen and oxygen atoms in total. The molecule has 0 amide bonds. The number of ether oxygens (including phenoxy) is 4. The third-order valence-corrected chi connectivity index (χ3v) is 5.30. The minimum absolute atomic E-state index is 0.0465. The van der Waals surface area contributed by atoms with Crippen LogP contribution in [0.4, 0.5) is 5.69 Å². The number of methoxy groups -OCH3 is 4. The van der Waals surface area contributed by atoms with Gasteiger partial charge in [-0.05, 0) is 23.8 Å². The van der Waals surface area contributed by atoms with Gasteiger partial charge in [0.05, 0.1) is 52.2 Å². The number of benzene rings is 2. The molecule has 0 atom stereocenters. The third kappa shape index (κ3) is 6.54. The zero-order chi connectivity index (χ0) is 27.3. The van der Waals surface area contributed by atoms with Crippen LogP contribution in [0.15, 0.2) is 35.7 Å². The fourth-order valence-electron chi connectivity index (χ4n) is 2.65. The Bertz CT molecular complexity index is 1220. The number of hydrogen-bond donors (Lipinski definition) is 2. The second-order valence-electron chi connectivity index (χ2n) is 6.04. The van der Waals surface area contributed by atoms with Gasteiger partial charge in [0, 0.05) is 17.5 Å². The molecule has 168 valence electrons. The molecule has 0 aliphatic heterocycles. The average molecular weight is 457 g/mol. The van der Waals surface area contributed by atoms with Gasteiger partial charge in [0.1, 0.15) is 29.5 Å². The van der Waals surface area contributed by atoms with Crippen molar-refractivity contribution in [1.29, 1.82) is 0 Å². The van der Waals surface area contributed by atoms with E-state index in [9.17, 15) is 13.2 Å². The van der Waals surface area contributed by atoms with E-state index in [1.54, 1.807) is 0 Å². The molecule has 0 aromatic heterocycles. The first-order valence-electron chi connectivity index (χ1n) is 11.1. The van der Waals surface area contributed by atoms with E-state index in [-0.39, 0.29) is 39.8 Å². The van der Waals surface area contributed by atoms with E-state index in [0.29, 0.717) is 0 Å². The fraction of sp³-hybridized carbons (Fsp3) is 0.286. The Morgan fingerprint density at radius 1 is 1.10 bits per heavy atom. The van der Waals surface area contributed by atoms with Gasteiger partial charge >= 0.3 is 5.97 Å². The van der Waals surface area contributed by atoms with Crippen LogP contribution in [0, 0.1) is 0 Å². The molecule has 2 N–H and O–H groups in total. The summed E-state index contributed by atoms with van der Waals surface area (Å²) in [7, 11) is -2.71.